The first-order valence-electron chi connectivity index (χ1n) is 6.56. The number of carbonyl (C=O) groups excluding carboxylic acids is 1. The molecule has 0 bridgehead atoms. The Labute approximate surface area is 123 Å². The number of rotatable bonds is 5. The maximum Gasteiger partial charge on any atom is 0.254 e. The van der Waals surface area contributed by atoms with Gasteiger partial charge in [0.25, 0.3) is 5.91 Å². The maximum atomic E-state index is 12.1. The van der Waals surface area contributed by atoms with Gasteiger partial charge in [0.15, 0.2) is 0 Å². The largest absolute Gasteiger partial charge is 0.494 e. The van der Waals surface area contributed by atoms with E-state index in [0.717, 1.165) is 17.0 Å². The summed E-state index contributed by atoms with van der Waals surface area (Å²) in [6.07, 6.45) is 0. The van der Waals surface area contributed by atoms with E-state index >= 15 is 0 Å². The first kappa shape index (κ1) is 14.5. The highest BCUT2D eigenvalue weighted by Gasteiger charge is 2.14. The van der Waals surface area contributed by atoms with Crippen LogP contribution >= 0.6 is 11.5 Å². The van der Waals surface area contributed by atoms with Crippen molar-refractivity contribution in [3.63, 3.8) is 0 Å². The standard InChI is InChI=1S/C15H18N2O2S/c1-4-19-13-7-5-12(6-8-13)10(2)16-15(18)14-9-20-17-11(14)3/h5-10H,4H2,1-3H3,(H,16,18). The summed E-state index contributed by atoms with van der Waals surface area (Å²) in [7, 11) is 0. The van der Waals surface area contributed by atoms with Crippen LogP contribution in [-0.2, 0) is 0 Å². The molecule has 1 aromatic heterocycles. The molecule has 4 nitrogen and oxygen atoms in total. The predicted octanol–water partition coefficient (Wildman–Crippen LogP) is 3.34. The molecule has 1 N–H and O–H groups in total. The first-order chi connectivity index (χ1) is 9.61. The van der Waals surface area contributed by atoms with Gasteiger partial charge in [-0.15, -0.1) is 0 Å². The van der Waals surface area contributed by atoms with Crippen molar-refractivity contribution in [2.24, 2.45) is 0 Å². The third kappa shape index (κ3) is 3.36. The number of benzene rings is 1. The van der Waals surface area contributed by atoms with Crippen LogP contribution < -0.4 is 10.1 Å². The summed E-state index contributed by atoms with van der Waals surface area (Å²) in [4.78, 5) is 12.1. The van der Waals surface area contributed by atoms with E-state index in [1.54, 1.807) is 5.38 Å². The van der Waals surface area contributed by atoms with E-state index in [1.807, 2.05) is 45.0 Å². The van der Waals surface area contributed by atoms with Gasteiger partial charge in [-0.05, 0) is 50.0 Å². The van der Waals surface area contributed by atoms with Gasteiger partial charge in [-0.2, -0.15) is 4.37 Å². The number of carbonyl (C=O) groups is 1. The number of nitrogens with zero attached hydrogens (tertiary/aromatic N) is 1. The molecular weight excluding hydrogens is 272 g/mol. The van der Waals surface area contributed by atoms with Crippen LogP contribution in [-0.4, -0.2) is 16.9 Å². The minimum atomic E-state index is -0.0855. The summed E-state index contributed by atoms with van der Waals surface area (Å²) in [6.45, 7) is 6.40. The molecule has 0 aliphatic heterocycles. The van der Waals surface area contributed by atoms with Gasteiger partial charge in [0.05, 0.1) is 23.9 Å². The minimum absolute atomic E-state index is 0.0579. The van der Waals surface area contributed by atoms with Gasteiger partial charge in [0.1, 0.15) is 5.75 Å². The lowest BCUT2D eigenvalue weighted by molar-refractivity contribution is 0.0939. The van der Waals surface area contributed by atoms with Crippen LogP contribution in [0.25, 0.3) is 0 Å². The zero-order valence-corrected chi connectivity index (χ0v) is 12.7. The quantitative estimate of drug-likeness (QED) is 0.919. The Morgan fingerprint density at radius 1 is 1.40 bits per heavy atom. The van der Waals surface area contributed by atoms with Gasteiger partial charge < -0.3 is 10.1 Å². The van der Waals surface area contributed by atoms with Crippen LogP contribution in [0.4, 0.5) is 0 Å². The fraction of sp³-hybridized carbons (Fsp3) is 0.333. The summed E-state index contributed by atoms with van der Waals surface area (Å²) in [5, 5.41) is 4.75. The molecular formula is C15H18N2O2S. The second-order valence-electron chi connectivity index (χ2n) is 4.51. The van der Waals surface area contributed by atoms with E-state index < -0.39 is 0 Å². The van der Waals surface area contributed by atoms with Crippen LogP contribution in [0.3, 0.4) is 0 Å². The number of aromatic nitrogens is 1. The molecule has 1 aromatic carbocycles. The Hall–Kier alpha value is -1.88. The molecule has 106 valence electrons. The van der Waals surface area contributed by atoms with Crippen LogP contribution in [0.15, 0.2) is 29.6 Å². The van der Waals surface area contributed by atoms with Gasteiger partial charge >= 0.3 is 0 Å². The number of amides is 1. The summed E-state index contributed by atoms with van der Waals surface area (Å²) >= 11 is 1.30. The molecule has 0 aliphatic carbocycles. The third-order valence-electron chi connectivity index (χ3n) is 3.03. The van der Waals surface area contributed by atoms with Crippen molar-refractivity contribution >= 4 is 17.4 Å². The normalized spacial score (nSPS) is 11.9. The maximum absolute atomic E-state index is 12.1. The summed E-state index contributed by atoms with van der Waals surface area (Å²) in [5.41, 5.74) is 2.46. The molecule has 1 heterocycles. The molecule has 0 saturated carbocycles. The van der Waals surface area contributed by atoms with Crippen molar-refractivity contribution in [2.75, 3.05) is 6.61 Å². The van der Waals surface area contributed by atoms with Crippen molar-refractivity contribution in [1.29, 1.82) is 0 Å². The van der Waals surface area contributed by atoms with Gasteiger partial charge in [0, 0.05) is 5.38 Å². The Balaban J connectivity index is 2.02. The van der Waals surface area contributed by atoms with Crippen molar-refractivity contribution in [3.8, 4) is 5.75 Å². The summed E-state index contributed by atoms with van der Waals surface area (Å²) in [6, 6.07) is 7.71. The molecule has 1 atom stereocenters. The highest BCUT2D eigenvalue weighted by atomic mass is 32.1. The molecule has 0 radical (unpaired) electrons. The Bertz CT molecular complexity index is 578. The van der Waals surface area contributed by atoms with E-state index in [4.69, 9.17) is 4.74 Å². The van der Waals surface area contributed by atoms with Crippen LogP contribution in [0.2, 0.25) is 0 Å². The average Bonchev–Trinajstić information content (AvgIpc) is 2.86. The number of hydrogen-bond acceptors (Lipinski definition) is 4. The summed E-state index contributed by atoms with van der Waals surface area (Å²) in [5.74, 6) is 0.755. The van der Waals surface area contributed by atoms with Gasteiger partial charge in [-0.25, -0.2) is 0 Å². The molecule has 0 spiro atoms. The summed E-state index contributed by atoms with van der Waals surface area (Å²) < 4.78 is 9.52. The lowest BCUT2D eigenvalue weighted by Crippen LogP contribution is -2.26. The van der Waals surface area contributed by atoms with Crippen molar-refractivity contribution in [2.45, 2.75) is 26.8 Å². The van der Waals surface area contributed by atoms with E-state index in [0.29, 0.717) is 12.2 Å². The van der Waals surface area contributed by atoms with Crippen molar-refractivity contribution in [3.05, 3.63) is 46.5 Å². The fourth-order valence-electron chi connectivity index (χ4n) is 1.89. The lowest BCUT2D eigenvalue weighted by atomic mass is 10.1. The van der Waals surface area contributed by atoms with E-state index in [2.05, 4.69) is 9.69 Å². The van der Waals surface area contributed by atoms with Crippen LogP contribution in [0.5, 0.6) is 5.75 Å². The van der Waals surface area contributed by atoms with Crippen molar-refractivity contribution < 1.29 is 9.53 Å². The predicted molar refractivity (Wildman–Crippen MR) is 80.3 cm³/mol. The molecule has 0 saturated heterocycles. The van der Waals surface area contributed by atoms with E-state index in [1.165, 1.54) is 11.5 Å². The number of ether oxygens (including phenoxy) is 1. The lowest BCUT2D eigenvalue weighted by Gasteiger charge is -2.14. The fourth-order valence-corrected chi connectivity index (χ4v) is 2.58. The Morgan fingerprint density at radius 3 is 2.65 bits per heavy atom. The molecule has 2 rings (SSSR count). The Morgan fingerprint density at radius 2 is 2.10 bits per heavy atom. The zero-order valence-electron chi connectivity index (χ0n) is 11.8. The highest BCUT2D eigenvalue weighted by molar-refractivity contribution is 7.03. The topological polar surface area (TPSA) is 51.2 Å². The smallest absolute Gasteiger partial charge is 0.254 e. The average molecular weight is 290 g/mol. The second-order valence-corrected chi connectivity index (χ2v) is 5.14. The highest BCUT2D eigenvalue weighted by Crippen LogP contribution is 2.18. The zero-order chi connectivity index (χ0) is 14.5. The molecule has 1 unspecified atom stereocenters. The van der Waals surface area contributed by atoms with Gasteiger partial charge in [-0.3, -0.25) is 4.79 Å². The van der Waals surface area contributed by atoms with Gasteiger partial charge in [0.2, 0.25) is 0 Å². The molecule has 0 aliphatic rings. The van der Waals surface area contributed by atoms with E-state index in [-0.39, 0.29) is 11.9 Å². The minimum Gasteiger partial charge on any atom is -0.494 e. The molecule has 2 aromatic rings. The third-order valence-corrected chi connectivity index (χ3v) is 3.75. The van der Waals surface area contributed by atoms with Crippen LogP contribution in [0, 0.1) is 6.92 Å². The second kappa shape index (κ2) is 6.52. The van der Waals surface area contributed by atoms with Crippen LogP contribution in [0.1, 0.15) is 41.5 Å². The monoisotopic (exact) mass is 290 g/mol. The first-order valence-corrected chi connectivity index (χ1v) is 7.40. The van der Waals surface area contributed by atoms with Gasteiger partial charge in [-0.1, -0.05) is 12.1 Å². The molecule has 5 heteroatoms. The van der Waals surface area contributed by atoms with E-state index in [9.17, 15) is 4.79 Å². The Kier molecular flexibility index (Phi) is 4.74. The number of hydrogen-bond donors (Lipinski definition) is 1. The SMILES string of the molecule is CCOc1ccc(C(C)NC(=O)c2csnc2C)cc1. The molecule has 0 fully saturated rings. The number of aryl methyl sites for hydroxylation is 1. The molecule has 20 heavy (non-hydrogen) atoms. The number of nitrogens with one attached hydrogen (secondary N) is 1. The van der Waals surface area contributed by atoms with Crippen molar-refractivity contribution in [1.82, 2.24) is 9.69 Å². The molecule has 1 amide bonds.